The van der Waals surface area contributed by atoms with Gasteiger partial charge in [0.25, 0.3) is 0 Å². The SMILES string of the molecule is Brc1cc(Br)c([I+]c2c(Br)cc(Br)cc2Br)c(Br)c1. The van der Waals surface area contributed by atoms with Crippen molar-refractivity contribution >= 4 is 95.6 Å². The van der Waals surface area contributed by atoms with E-state index in [1.807, 2.05) is 0 Å². The van der Waals surface area contributed by atoms with Crippen LogP contribution in [0, 0.1) is 7.14 Å². The summed E-state index contributed by atoms with van der Waals surface area (Å²) >= 11 is 21.3. The first kappa shape index (κ1) is 17.4. The molecule has 0 unspecified atom stereocenters. The molecule has 0 saturated carbocycles. The third-order valence-electron chi connectivity index (χ3n) is 2.09. The summed E-state index contributed by atoms with van der Waals surface area (Å²) in [6, 6.07) is 8.34. The highest BCUT2D eigenvalue weighted by Gasteiger charge is 2.28. The second-order valence-electron chi connectivity index (χ2n) is 3.46. The Morgan fingerprint density at radius 3 is 1.05 bits per heavy atom. The molecule has 100 valence electrons. The molecule has 0 radical (unpaired) electrons. The minimum absolute atomic E-state index is 0.313. The number of halogens is 7. The largest absolute Gasteiger partial charge is 0.362 e. The minimum Gasteiger partial charge on any atom is -0.0508 e. The highest BCUT2D eigenvalue weighted by molar-refractivity contribution is 9.12. The fourth-order valence-electron chi connectivity index (χ4n) is 1.32. The molecule has 0 heterocycles. The van der Waals surface area contributed by atoms with Gasteiger partial charge < -0.3 is 0 Å². The lowest BCUT2D eigenvalue weighted by Crippen LogP contribution is -3.62. The van der Waals surface area contributed by atoms with Crippen molar-refractivity contribution in [3.05, 3.63) is 58.2 Å². The van der Waals surface area contributed by atoms with E-state index >= 15 is 0 Å². The van der Waals surface area contributed by atoms with Crippen LogP contribution in [0.1, 0.15) is 0 Å². The van der Waals surface area contributed by atoms with E-state index < -0.39 is 0 Å². The van der Waals surface area contributed by atoms with Crippen molar-refractivity contribution in [3.63, 3.8) is 0 Å². The first-order valence-corrected chi connectivity index (χ1v) is 11.7. The van der Waals surface area contributed by atoms with E-state index in [0.29, 0.717) is 0 Å². The molecule has 0 bridgehead atoms. The van der Waals surface area contributed by atoms with Gasteiger partial charge in [-0.15, -0.1) is 0 Å². The number of hydrogen-bond acceptors (Lipinski definition) is 0. The summed E-state index contributed by atoms with van der Waals surface area (Å²) in [5.74, 6) is 0. The van der Waals surface area contributed by atoms with Crippen LogP contribution in [0.5, 0.6) is 0 Å². The average molecular weight is 754 g/mol. The van der Waals surface area contributed by atoms with Gasteiger partial charge in [-0.2, -0.15) is 0 Å². The third-order valence-corrected chi connectivity index (χ3v) is 11.9. The van der Waals surface area contributed by atoms with E-state index in [2.05, 4.69) is 120 Å². The maximum Gasteiger partial charge on any atom is 0.362 e. The van der Waals surface area contributed by atoms with Gasteiger partial charge in [-0.05, 0) is 88.0 Å². The molecule has 7 heteroatoms. The molecule has 2 aromatic carbocycles. The molecule has 0 saturated heterocycles. The lowest BCUT2D eigenvalue weighted by atomic mass is 10.4. The molecular formula is C12H4Br6I+. The summed E-state index contributed by atoms with van der Waals surface area (Å²) in [5.41, 5.74) is 0. The fraction of sp³-hybridized carbons (Fsp3) is 0. The van der Waals surface area contributed by atoms with Crippen LogP contribution >= 0.6 is 95.6 Å². The van der Waals surface area contributed by atoms with Crippen LogP contribution in [0.2, 0.25) is 0 Å². The van der Waals surface area contributed by atoms with Gasteiger partial charge in [0.2, 0.25) is 7.14 Å². The quantitative estimate of drug-likeness (QED) is 0.243. The van der Waals surface area contributed by atoms with Gasteiger partial charge in [0.05, 0.1) is 17.9 Å². The zero-order chi connectivity index (χ0) is 14.2. The van der Waals surface area contributed by atoms with Crippen molar-refractivity contribution in [2.75, 3.05) is 0 Å². The molecule has 19 heavy (non-hydrogen) atoms. The summed E-state index contributed by atoms with van der Waals surface area (Å²) in [4.78, 5) is 0. The lowest BCUT2D eigenvalue weighted by molar-refractivity contribution is -0.601. The number of benzene rings is 2. The van der Waals surface area contributed by atoms with E-state index in [0.717, 1.165) is 26.8 Å². The van der Waals surface area contributed by atoms with Crippen LogP contribution in [0.25, 0.3) is 0 Å². The number of rotatable bonds is 2. The minimum atomic E-state index is -0.313. The zero-order valence-corrected chi connectivity index (χ0v) is 20.6. The molecule has 0 aliphatic carbocycles. The van der Waals surface area contributed by atoms with E-state index in [4.69, 9.17) is 0 Å². The maximum absolute atomic E-state index is 3.65. The van der Waals surface area contributed by atoms with E-state index in [-0.39, 0.29) is 21.2 Å². The van der Waals surface area contributed by atoms with Gasteiger partial charge in [0, 0.05) is 8.95 Å². The van der Waals surface area contributed by atoms with Crippen molar-refractivity contribution in [2.24, 2.45) is 0 Å². The molecule has 0 spiro atoms. The Balaban J connectivity index is 2.48. The average Bonchev–Trinajstić information content (AvgIpc) is 2.25. The van der Waals surface area contributed by atoms with Crippen LogP contribution in [-0.2, 0) is 0 Å². The van der Waals surface area contributed by atoms with Gasteiger partial charge in [0.1, 0.15) is 0 Å². The van der Waals surface area contributed by atoms with Crippen LogP contribution < -0.4 is 21.2 Å². The zero-order valence-electron chi connectivity index (χ0n) is 8.96. The molecule has 2 aromatic rings. The summed E-state index contributed by atoms with van der Waals surface area (Å²) < 4.78 is 9.29. The molecule has 0 amide bonds. The highest BCUT2D eigenvalue weighted by atomic mass is 127. The molecule has 0 nitrogen and oxygen atoms in total. The smallest absolute Gasteiger partial charge is 0.0508 e. The fourth-order valence-corrected chi connectivity index (χ4v) is 10.0. The van der Waals surface area contributed by atoms with Crippen molar-refractivity contribution in [1.82, 2.24) is 0 Å². The van der Waals surface area contributed by atoms with Gasteiger partial charge in [-0.25, -0.2) is 0 Å². The van der Waals surface area contributed by atoms with Crippen LogP contribution in [0.15, 0.2) is 51.1 Å². The summed E-state index contributed by atoms with van der Waals surface area (Å²) in [6.07, 6.45) is 0. The second kappa shape index (κ2) is 7.55. The highest BCUT2D eigenvalue weighted by Crippen LogP contribution is 2.26. The monoisotopic (exact) mass is 748 g/mol. The molecule has 0 atom stereocenters. The Morgan fingerprint density at radius 2 is 0.789 bits per heavy atom. The van der Waals surface area contributed by atoms with Crippen molar-refractivity contribution in [1.29, 1.82) is 0 Å². The standard InChI is InChI=1S/C12H4Br6I/c13-5-1-7(15)11(8(16)2-5)19-12-9(17)3-6(14)4-10(12)18/h1-4H/q+1. The van der Waals surface area contributed by atoms with E-state index in [1.165, 1.54) is 7.14 Å². The van der Waals surface area contributed by atoms with Crippen molar-refractivity contribution in [3.8, 4) is 0 Å². The van der Waals surface area contributed by atoms with Gasteiger partial charge in [-0.1, -0.05) is 31.9 Å². The van der Waals surface area contributed by atoms with E-state index in [9.17, 15) is 0 Å². The van der Waals surface area contributed by atoms with Gasteiger partial charge >= 0.3 is 21.2 Å². The first-order chi connectivity index (χ1) is 8.88. The Labute approximate surface area is 172 Å². The molecule has 2 rings (SSSR count). The van der Waals surface area contributed by atoms with E-state index in [1.54, 1.807) is 0 Å². The summed E-state index contributed by atoms with van der Waals surface area (Å²) in [5, 5.41) is 0. The summed E-state index contributed by atoms with van der Waals surface area (Å²) in [6.45, 7) is 0. The molecule has 0 aromatic heterocycles. The molecule has 0 aliphatic rings. The first-order valence-electron chi connectivity index (χ1n) is 4.82. The second-order valence-corrected chi connectivity index (χ2v) is 11.4. The van der Waals surface area contributed by atoms with Gasteiger partial charge in [-0.3, -0.25) is 0 Å². The Morgan fingerprint density at radius 1 is 0.526 bits per heavy atom. The molecule has 0 fully saturated rings. The topological polar surface area (TPSA) is 0 Å². The summed E-state index contributed by atoms with van der Waals surface area (Å²) in [7, 11) is 0. The lowest BCUT2D eigenvalue weighted by Gasteiger charge is -2.01. The Kier molecular flexibility index (Phi) is 6.91. The normalized spacial score (nSPS) is 10.8. The number of hydrogen-bond donors (Lipinski definition) is 0. The molecule has 0 aliphatic heterocycles. The maximum atomic E-state index is 3.65. The Bertz CT molecular complexity index is 539. The predicted molar refractivity (Wildman–Crippen MR) is 96.5 cm³/mol. The van der Waals surface area contributed by atoms with Crippen LogP contribution in [-0.4, -0.2) is 0 Å². The molecule has 0 N–H and O–H groups in total. The van der Waals surface area contributed by atoms with Gasteiger partial charge in [0.15, 0.2) is 0 Å². The van der Waals surface area contributed by atoms with Crippen molar-refractivity contribution in [2.45, 2.75) is 0 Å². The Hall–Kier alpha value is 2.05. The predicted octanol–water partition coefficient (Wildman–Crippen LogP) is 4.39. The third kappa shape index (κ3) is 4.51. The van der Waals surface area contributed by atoms with Crippen LogP contribution in [0.3, 0.4) is 0 Å². The van der Waals surface area contributed by atoms with Crippen LogP contribution in [0.4, 0.5) is 0 Å². The van der Waals surface area contributed by atoms with Crippen molar-refractivity contribution < 1.29 is 21.2 Å². The molecular weight excluding hydrogens is 750 g/mol.